The van der Waals surface area contributed by atoms with Crippen molar-refractivity contribution in [3.63, 3.8) is 0 Å². The molecule has 5 rings (SSSR count). The number of allylic oxidation sites excluding steroid dienone is 1. The molecule has 0 spiro atoms. The smallest absolute Gasteiger partial charge is 0.338 e. The van der Waals surface area contributed by atoms with Gasteiger partial charge in [0.1, 0.15) is 18.4 Å². The van der Waals surface area contributed by atoms with Gasteiger partial charge in [-0.25, -0.2) is 9.79 Å². The Labute approximate surface area is 281 Å². The number of aromatic nitrogens is 1. The van der Waals surface area contributed by atoms with E-state index in [0.29, 0.717) is 55.6 Å². The van der Waals surface area contributed by atoms with Crippen LogP contribution in [0.4, 0.5) is 0 Å². The molecule has 0 N–H and O–H groups in total. The van der Waals surface area contributed by atoms with Gasteiger partial charge in [0.2, 0.25) is 0 Å². The molecule has 234 valence electrons. The molecule has 1 atom stereocenters. The molecule has 0 saturated carbocycles. The molecule has 1 aliphatic heterocycles. The van der Waals surface area contributed by atoms with Crippen LogP contribution in [0.1, 0.15) is 50.4 Å². The van der Waals surface area contributed by atoms with E-state index in [2.05, 4.69) is 31.9 Å². The number of carbonyl (C=O) groups excluding carboxylic acids is 1. The van der Waals surface area contributed by atoms with Crippen molar-refractivity contribution in [1.29, 1.82) is 0 Å². The van der Waals surface area contributed by atoms with E-state index in [1.807, 2.05) is 74.5 Å². The summed E-state index contributed by atoms with van der Waals surface area (Å²) >= 11 is 8.26. The van der Waals surface area contributed by atoms with Crippen LogP contribution in [0.15, 0.2) is 90.7 Å². The molecule has 0 aliphatic carbocycles. The fourth-order valence-electron chi connectivity index (χ4n) is 5.03. The first kappa shape index (κ1) is 32.7. The van der Waals surface area contributed by atoms with Crippen molar-refractivity contribution in [3.05, 3.63) is 117 Å². The molecule has 1 aliphatic rings. The van der Waals surface area contributed by atoms with Gasteiger partial charge in [-0.15, -0.1) is 0 Å². The normalized spacial score (nSPS) is 14.7. The van der Waals surface area contributed by atoms with Crippen molar-refractivity contribution < 1.29 is 23.7 Å². The first-order valence-electron chi connectivity index (χ1n) is 14.3. The highest BCUT2D eigenvalue weighted by molar-refractivity contribution is 9.10. The molecule has 1 aromatic heterocycles. The fraction of sp³-hybridized carbons (Fsp3) is 0.265. The largest absolute Gasteiger partial charge is 0.493 e. The molecule has 3 aromatic carbocycles. The van der Waals surface area contributed by atoms with E-state index in [1.54, 1.807) is 31.6 Å². The first-order valence-corrected chi connectivity index (χ1v) is 16.7. The van der Waals surface area contributed by atoms with Crippen LogP contribution in [-0.4, -0.2) is 30.4 Å². The molecule has 2 heterocycles. The zero-order valence-electron chi connectivity index (χ0n) is 25.4. The minimum atomic E-state index is -0.803. The van der Waals surface area contributed by atoms with Gasteiger partial charge < -0.3 is 18.9 Å². The number of esters is 1. The number of ether oxygens (including phenoxy) is 4. The maximum atomic E-state index is 14.3. The number of para-hydroxylation sites is 1. The number of benzene rings is 3. The second-order valence-electron chi connectivity index (χ2n) is 10.4. The highest BCUT2D eigenvalue weighted by Crippen LogP contribution is 2.38. The Hall–Kier alpha value is -3.67. The molecule has 11 heteroatoms. The Balaban J connectivity index is 1.69. The van der Waals surface area contributed by atoms with Gasteiger partial charge in [0, 0.05) is 20.1 Å². The van der Waals surface area contributed by atoms with Crippen LogP contribution in [-0.2, 0) is 16.1 Å². The number of methoxy groups -OCH3 is 1. The van der Waals surface area contributed by atoms with Gasteiger partial charge in [-0.1, -0.05) is 73.5 Å². The van der Waals surface area contributed by atoms with Crippen LogP contribution in [0.3, 0.4) is 0 Å². The minimum absolute atomic E-state index is 0.125. The van der Waals surface area contributed by atoms with Crippen LogP contribution >= 0.6 is 43.2 Å². The minimum Gasteiger partial charge on any atom is -0.493 e. The summed E-state index contributed by atoms with van der Waals surface area (Å²) in [6.07, 6.45) is 1.64. The lowest BCUT2D eigenvalue weighted by Gasteiger charge is -2.26. The van der Waals surface area contributed by atoms with E-state index in [9.17, 15) is 9.59 Å². The van der Waals surface area contributed by atoms with Crippen LogP contribution in [0.2, 0.25) is 0 Å². The predicted molar refractivity (Wildman–Crippen MR) is 182 cm³/mol. The van der Waals surface area contributed by atoms with Crippen molar-refractivity contribution in [1.82, 2.24) is 4.57 Å². The number of rotatable bonds is 10. The summed E-state index contributed by atoms with van der Waals surface area (Å²) in [5.74, 6) is 1.05. The zero-order valence-corrected chi connectivity index (χ0v) is 29.4. The Kier molecular flexibility index (Phi) is 10.3. The number of carbonyl (C=O) groups is 1. The summed E-state index contributed by atoms with van der Waals surface area (Å²) in [5, 5.41) is 0. The molecule has 0 saturated heterocycles. The van der Waals surface area contributed by atoms with Crippen molar-refractivity contribution in [2.75, 3.05) is 13.7 Å². The van der Waals surface area contributed by atoms with Gasteiger partial charge in [0.05, 0.1) is 35.6 Å². The Morgan fingerprint density at radius 2 is 1.80 bits per heavy atom. The van der Waals surface area contributed by atoms with E-state index < -0.39 is 12.0 Å². The molecule has 0 radical (unpaired) electrons. The van der Waals surface area contributed by atoms with E-state index in [0.717, 1.165) is 14.5 Å². The monoisotopic (exact) mass is 754 g/mol. The van der Waals surface area contributed by atoms with Crippen molar-refractivity contribution >= 4 is 55.2 Å². The lowest BCUT2D eigenvalue weighted by Crippen LogP contribution is -2.40. The van der Waals surface area contributed by atoms with Gasteiger partial charge in [0.25, 0.3) is 5.56 Å². The number of halogens is 2. The Morgan fingerprint density at radius 3 is 2.49 bits per heavy atom. The van der Waals surface area contributed by atoms with E-state index >= 15 is 0 Å². The van der Waals surface area contributed by atoms with Gasteiger partial charge >= 0.3 is 5.97 Å². The fourth-order valence-corrected chi connectivity index (χ4v) is 6.79. The summed E-state index contributed by atoms with van der Waals surface area (Å²) in [6, 6.07) is 18.2. The predicted octanol–water partition coefficient (Wildman–Crippen LogP) is 6.70. The molecule has 45 heavy (non-hydrogen) atoms. The number of hydrogen-bond acceptors (Lipinski definition) is 8. The van der Waals surface area contributed by atoms with Crippen molar-refractivity contribution in [2.45, 2.75) is 46.4 Å². The topological polar surface area (TPSA) is 88.4 Å². The van der Waals surface area contributed by atoms with Crippen molar-refractivity contribution in [3.8, 4) is 17.2 Å². The number of hydrogen-bond donors (Lipinski definition) is 0. The van der Waals surface area contributed by atoms with Gasteiger partial charge in [-0.3, -0.25) is 9.36 Å². The molecule has 0 fully saturated rings. The molecule has 0 amide bonds. The summed E-state index contributed by atoms with van der Waals surface area (Å²) < 4.78 is 27.2. The Bertz CT molecular complexity index is 1950. The second-order valence-corrected chi connectivity index (χ2v) is 13.3. The van der Waals surface area contributed by atoms with Crippen molar-refractivity contribution in [2.24, 2.45) is 4.99 Å². The quantitative estimate of drug-likeness (QED) is 0.168. The third-order valence-electron chi connectivity index (χ3n) is 6.94. The van der Waals surface area contributed by atoms with E-state index in [-0.39, 0.29) is 18.3 Å². The Morgan fingerprint density at radius 1 is 1.07 bits per heavy atom. The number of thiazole rings is 1. The zero-order chi connectivity index (χ0) is 32.2. The van der Waals surface area contributed by atoms with Crippen LogP contribution in [0.25, 0.3) is 6.08 Å². The lowest BCUT2D eigenvalue weighted by atomic mass is 9.95. The highest BCUT2D eigenvalue weighted by atomic mass is 79.9. The summed E-state index contributed by atoms with van der Waals surface area (Å²) in [5.41, 5.74) is 2.74. The average Bonchev–Trinajstić information content (AvgIpc) is 3.30. The third kappa shape index (κ3) is 7.10. The second kappa shape index (κ2) is 14.2. The number of fused-ring (bicyclic) bond motifs is 1. The molecule has 0 bridgehead atoms. The maximum absolute atomic E-state index is 14.3. The van der Waals surface area contributed by atoms with E-state index in [1.165, 1.54) is 11.3 Å². The molecule has 0 unspecified atom stereocenters. The van der Waals surface area contributed by atoms with Gasteiger partial charge in [-0.05, 0) is 69.7 Å². The lowest BCUT2D eigenvalue weighted by molar-refractivity contribution is -0.139. The van der Waals surface area contributed by atoms with Gasteiger partial charge in [-0.2, -0.15) is 0 Å². The van der Waals surface area contributed by atoms with Crippen LogP contribution in [0.5, 0.6) is 17.2 Å². The summed E-state index contributed by atoms with van der Waals surface area (Å²) in [6.45, 7) is 7.84. The third-order valence-corrected chi connectivity index (χ3v) is 8.91. The average molecular weight is 757 g/mol. The number of nitrogens with zero attached hydrogens (tertiary/aromatic N) is 2. The highest BCUT2D eigenvalue weighted by Gasteiger charge is 2.35. The molecular weight excluding hydrogens is 724 g/mol. The van der Waals surface area contributed by atoms with Crippen LogP contribution < -0.4 is 29.1 Å². The molecule has 4 aromatic rings. The maximum Gasteiger partial charge on any atom is 0.338 e. The SMILES string of the molecule is CCOC(=O)C1=C(C)N=c2s/c(=C\c3cc(Br)cc(OC)c3OCc3ccc(Br)cc3)c(=O)n2[C@@H]1c1ccccc1OC(C)C. The van der Waals surface area contributed by atoms with Crippen LogP contribution in [0, 0.1) is 0 Å². The van der Waals surface area contributed by atoms with Gasteiger partial charge in [0.15, 0.2) is 16.3 Å². The summed E-state index contributed by atoms with van der Waals surface area (Å²) in [7, 11) is 1.57. The molecular formula is C34H32Br2N2O6S. The van der Waals surface area contributed by atoms with E-state index in [4.69, 9.17) is 23.9 Å². The first-order chi connectivity index (χ1) is 21.6. The molecule has 8 nitrogen and oxygen atoms in total. The summed E-state index contributed by atoms with van der Waals surface area (Å²) in [4.78, 5) is 32.8. The standard InChI is InChI=1S/C34H32Br2N2O6S/c1-6-42-33(40)29-20(4)37-34-38(30(29)25-9-7-8-10-26(25)44-19(2)3)32(39)28(45-34)16-22-15-24(36)17-27(41-5)31(22)43-18-21-11-13-23(35)14-12-21/h7-17,19,30H,6,18H2,1-5H3/b28-16-/t30-/m1/s1.